The quantitative estimate of drug-likeness (QED) is 0.356. The van der Waals surface area contributed by atoms with Crippen molar-refractivity contribution in [2.24, 2.45) is 10.8 Å². The van der Waals surface area contributed by atoms with E-state index in [0.29, 0.717) is 6.04 Å². The predicted molar refractivity (Wildman–Crippen MR) is 49.7 cm³/mol. The number of aliphatic imine (C=N–C) groups is 1. The first-order valence-corrected chi connectivity index (χ1v) is 4.12. The Bertz CT molecular complexity index is 102. The summed E-state index contributed by atoms with van der Waals surface area (Å²) in [5.74, 6) is 5.61. The van der Waals surface area contributed by atoms with Gasteiger partial charge in [0.25, 0.3) is 0 Å². The minimum absolute atomic E-state index is 0.368. The van der Waals surface area contributed by atoms with Crippen LogP contribution < -0.4 is 5.84 Å². The highest BCUT2D eigenvalue weighted by molar-refractivity contribution is 5.23. The van der Waals surface area contributed by atoms with Crippen LogP contribution in [0.1, 0.15) is 26.2 Å². The zero-order chi connectivity index (χ0) is 8.69. The van der Waals surface area contributed by atoms with Crippen molar-refractivity contribution in [3.63, 3.8) is 0 Å². The van der Waals surface area contributed by atoms with E-state index >= 15 is 0 Å². The summed E-state index contributed by atoms with van der Waals surface area (Å²) < 4.78 is 0. The van der Waals surface area contributed by atoms with Crippen LogP contribution in [0.25, 0.3) is 0 Å². The second-order valence-electron chi connectivity index (χ2n) is 2.87. The fraction of sp³-hybridized carbons (Fsp3) is 0.875. The van der Waals surface area contributed by atoms with Crippen LogP contribution in [-0.2, 0) is 0 Å². The van der Waals surface area contributed by atoms with Gasteiger partial charge >= 0.3 is 0 Å². The first kappa shape index (κ1) is 10.6. The molecule has 0 saturated carbocycles. The number of likely N-dealkylation sites (N-methyl/N-ethyl adjacent to an activating group) is 1. The van der Waals surface area contributed by atoms with Crippen LogP contribution in [0.4, 0.5) is 0 Å². The van der Waals surface area contributed by atoms with E-state index in [1.165, 1.54) is 12.8 Å². The summed E-state index contributed by atoms with van der Waals surface area (Å²) in [5.41, 5.74) is 0. The Balaban J connectivity index is 3.59. The maximum atomic E-state index is 5.61. The number of rotatable bonds is 6. The van der Waals surface area contributed by atoms with E-state index in [9.17, 15) is 0 Å². The number of nitrogens with two attached hydrogens (primary N) is 1. The lowest BCUT2D eigenvalue weighted by molar-refractivity contribution is 0.239. The average Bonchev–Trinajstić information content (AvgIpc) is 1.97. The molecule has 1 unspecified atom stereocenters. The summed E-state index contributed by atoms with van der Waals surface area (Å²) in [5, 5.41) is 1.73. The van der Waals surface area contributed by atoms with E-state index in [2.05, 4.69) is 18.6 Å². The third-order valence-electron chi connectivity index (χ3n) is 1.81. The van der Waals surface area contributed by atoms with Gasteiger partial charge in [0, 0.05) is 13.1 Å². The van der Waals surface area contributed by atoms with E-state index in [1.807, 2.05) is 7.05 Å². The zero-order valence-electron chi connectivity index (χ0n) is 7.58. The number of hydrogen-bond acceptors (Lipinski definition) is 3. The summed E-state index contributed by atoms with van der Waals surface area (Å²) in [6.07, 6.45) is 3.53. The van der Waals surface area contributed by atoms with Gasteiger partial charge in [-0.25, -0.2) is 5.01 Å². The predicted octanol–water partition coefficient (Wildman–Crippen LogP) is 1.05. The minimum Gasteiger partial charge on any atom is -0.299 e. The Hall–Kier alpha value is -0.410. The van der Waals surface area contributed by atoms with Crippen molar-refractivity contribution >= 4 is 6.72 Å². The smallest absolute Gasteiger partial charge is 0.0551 e. The van der Waals surface area contributed by atoms with E-state index in [1.54, 1.807) is 5.01 Å². The van der Waals surface area contributed by atoms with Crippen LogP contribution in [0.2, 0.25) is 0 Å². The molecule has 0 aromatic carbocycles. The largest absolute Gasteiger partial charge is 0.299 e. The molecule has 0 aliphatic heterocycles. The van der Waals surface area contributed by atoms with E-state index in [0.717, 1.165) is 13.0 Å². The lowest BCUT2D eigenvalue weighted by Crippen LogP contribution is -2.39. The molecule has 0 heterocycles. The van der Waals surface area contributed by atoms with Crippen molar-refractivity contribution in [1.82, 2.24) is 5.01 Å². The first-order chi connectivity index (χ1) is 5.22. The van der Waals surface area contributed by atoms with Crippen LogP contribution in [0.15, 0.2) is 4.99 Å². The second-order valence-corrected chi connectivity index (χ2v) is 2.87. The van der Waals surface area contributed by atoms with Gasteiger partial charge in [0.1, 0.15) is 0 Å². The van der Waals surface area contributed by atoms with Gasteiger partial charge in [-0.15, -0.1) is 0 Å². The Labute approximate surface area is 69.3 Å². The Morgan fingerprint density at radius 3 is 2.64 bits per heavy atom. The molecule has 0 aromatic rings. The Morgan fingerprint density at radius 2 is 2.27 bits per heavy atom. The van der Waals surface area contributed by atoms with Crippen molar-refractivity contribution in [2.45, 2.75) is 32.2 Å². The summed E-state index contributed by atoms with van der Waals surface area (Å²) in [6.45, 7) is 6.38. The highest BCUT2D eigenvalue weighted by Crippen LogP contribution is 2.04. The van der Waals surface area contributed by atoms with E-state index in [-0.39, 0.29) is 0 Å². The maximum Gasteiger partial charge on any atom is 0.0551 e. The molecule has 11 heavy (non-hydrogen) atoms. The summed E-state index contributed by atoms with van der Waals surface area (Å²) in [7, 11) is 1.88. The molecule has 0 bridgehead atoms. The van der Waals surface area contributed by atoms with E-state index in [4.69, 9.17) is 5.84 Å². The fourth-order valence-corrected chi connectivity index (χ4v) is 1.01. The summed E-state index contributed by atoms with van der Waals surface area (Å²) >= 11 is 0. The summed E-state index contributed by atoms with van der Waals surface area (Å²) in [4.78, 5) is 3.84. The molecular weight excluding hydrogens is 138 g/mol. The number of hydrazine groups is 1. The molecule has 3 nitrogen and oxygen atoms in total. The molecule has 0 rings (SSSR count). The van der Waals surface area contributed by atoms with Crippen LogP contribution >= 0.6 is 0 Å². The van der Waals surface area contributed by atoms with Gasteiger partial charge < -0.3 is 0 Å². The number of nitrogens with zero attached hydrogens (tertiary/aromatic N) is 2. The zero-order valence-corrected chi connectivity index (χ0v) is 7.58. The molecule has 0 saturated heterocycles. The van der Waals surface area contributed by atoms with Crippen LogP contribution in [0.5, 0.6) is 0 Å². The molecule has 0 aliphatic carbocycles. The first-order valence-electron chi connectivity index (χ1n) is 4.12. The van der Waals surface area contributed by atoms with Crippen LogP contribution in [0, 0.1) is 0 Å². The van der Waals surface area contributed by atoms with Gasteiger partial charge in [-0.2, -0.15) is 0 Å². The van der Waals surface area contributed by atoms with Gasteiger partial charge in [0.15, 0.2) is 0 Å². The van der Waals surface area contributed by atoms with Crippen molar-refractivity contribution < 1.29 is 0 Å². The molecule has 2 N–H and O–H groups in total. The van der Waals surface area contributed by atoms with E-state index < -0.39 is 0 Å². The third kappa shape index (κ3) is 4.93. The fourth-order valence-electron chi connectivity index (χ4n) is 1.01. The SMILES string of the molecule is C=NCC(CCCC)N(C)N. The highest BCUT2D eigenvalue weighted by atomic mass is 15.4. The second kappa shape index (κ2) is 6.31. The molecule has 0 amide bonds. The van der Waals surface area contributed by atoms with Crippen LogP contribution in [0.3, 0.4) is 0 Å². The molecule has 66 valence electrons. The van der Waals surface area contributed by atoms with Crippen molar-refractivity contribution in [2.75, 3.05) is 13.6 Å². The standard InChI is InChI=1S/C8H19N3/c1-4-5-6-8(7-10-2)11(3)9/h8H,2,4-7,9H2,1,3H3. The van der Waals surface area contributed by atoms with Crippen molar-refractivity contribution in [3.8, 4) is 0 Å². The van der Waals surface area contributed by atoms with Gasteiger partial charge in [0.05, 0.1) is 6.54 Å². The van der Waals surface area contributed by atoms with Gasteiger partial charge in [0.2, 0.25) is 0 Å². The maximum absolute atomic E-state index is 5.61. The Morgan fingerprint density at radius 1 is 1.64 bits per heavy atom. The molecule has 3 heteroatoms. The number of hydrogen-bond donors (Lipinski definition) is 1. The molecule has 0 fully saturated rings. The van der Waals surface area contributed by atoms with Gasteiger partial charge in [-0.3, -0.25) is 10.8 Å². The normalized spacial score (nSPS) is 13.5. The molecule has 1 atom stereocenters. The molecule has 0 aromatic heterocycles. The highest BCUT2D eigenvalue weighted by Gasteiger charge is 2.08. The lowest BCUT2D eigenvalue weighted by atomic mass is 10.1. The average molecular weight is 157 g/mol. The monoisotopic (exact) mass is 157 g/mol. The lowest BCUT2D eigenvalue weighted by Gasteiger charge is -2.21. The topological polar surface area (TPSA) is 41.6 Å². The molecular formula is C8H19N3. The van der Waals surface area contributed by atoms with Crippen molar-refractivity contribution in [1.29, 1.82) is 0 Å². The molecule has 0 aliphatic rings. The van der Waals surface area contributed by atoms with Crippen molar-refractivity contribution in [3.05, 3.63) is 0 Å². The summed E-state index contributed by atoms with van der Waals surface area (Å²) in [6, 6.07) is 0.368. The van der Waals surface area contributed by atoms with Crippen LogP contribution in [-0.4, -0.2) is 31.4 Å². The minimum atomic E-state index is 0.368. The van der Waals surface area contributed by atoms with Gasteiger partial charge in [-0.05, 0) is 13.1 Å². The number of unbranched alkanes of at least 4 members (excludes halogenated alkanes) is 1. The molecule has 0 radical (unpaired) electrons. The molecule has 0 spiro atoms. The Kier molecular flexibility index (Phi) is 6.07. The van der Waals surface area contributed by atoms with Gasteiger partial charge in [-0.1, -0.05) is 19.8 Å². The third-order valence-corrected chi connectivity index (χ3v) is 1.81.